The first-order valence-corrected chi connectivity index (χ1v) is 6.86. The van der Waals surface area contributed by atoms with Crippen LogP contribution in [-0.2, 0) is 6.54 Å². The monoisotopic (exact) mass is 280 g/mol. The highest BCUT2D eigenvalue weighted by molar-refractivity contribution is 5.69. The second-order valence-electron chi connectivity index (χ2n) is 4.87. The minimum Gasteiger partial charge on any atom is -0.481 e. The summed E-state index contributed by atoms with van der Waals surface area (Å²) in [4.78, 5) is 2.09. The molecular weight excluding hydrogens is 260 g/mol. The quantitative estimate of drug-likeness (QED) is 0.821. The molecule has 0 saturated heterocycles. The molecule has 3 heteroatoms. The Kier molecular flexibility index (Phi) is 5.11. The largest absolute Gasteiger partial charge is 0.481 e. The molecule has 0 aliphatic rings. The van der Waals surface area contributed by atoms with Crippen LogP contribution in [0.25, 0.3) is 0 Å². The first kappa shape index (κ1) is 14.8. The van der Waals surface area contributed by atoms with Gasteiger partial charge in [0.05, 0.1) is 11.4 Å². The number of para-hydroxylation sites is 3. The van der Waals surface area contributed by atoms with Crippen molar-refractivity contribution in [2.75, 3.05) is 30.9 Å². The van der Waals surface area contributed by atoms with E-state index in [2.05, 4.69) is 28.3 Å². The van der Waals surface area contributed by atoms with E-state index in [0.717, 1.165) is 22.7 Å². The van der Waals surface area contributed by atoms with Gasteiger partial charge in [-0.05, 0) is 18.2 Å². The van der Waals surface area contributed by atoms with Crippen molar-refractivity contribution >= 4 is 11.4 Å². The summed E-state index contributed by atoms with van der Waals surface area (Å²) in [7, 11) is 4.06. The molecule has 0 bridgehead atoms. The van der Waals surface area contributed by atoms with Crippen molar-refractivity contribution in [3.8, 4) is 18.1 Å². The summed E-state index contributed by atoms with van der Waals surface area (Å²) in [5.41, 5.74) is 3.33. The predicted molar refractivity (Wildman–Crippen MR) is 88.9 cm³/mol. The van der Waals surface area contributed by atoms with Crippen LogP contribution >= 0.6 is 0 Å². The second-order valence-corrected chi connectivity index (χ2v) is 4.87. The molecular formula is C18H20N2O. The minimum absolute atomic E-state index is 0.283. The molecule has 2 aromatic carbocycles. The second kappa shape index (κ2) is 7.25. The van der Waals surface area contributed by atoms with Gasteiger partial charge >= 0.3 is 0 Å². The Morgan fingerprint density at radius 2 is 1.81 bits per heavy atom. The third kappa shape index (κ3) is 3.93. The Morgan fingerprint density at radius 3 is 2.57 bits per heavy atom. The van der Waals surface area contributed by atoms with E-state index in [-0.39, 0.29) is 6.61 Å². The average molecular weight is 280 g/mol. The van der Waals surface area contributed by atoms with E-state index in [4.69, 9.17) is 11.2 Å². The van der Waals surface area contributed by atoms with Crippen LogP contribution in [0.3, 0.4) is 0 Å². The number of benzene rings is 2. The molecule has 0 atom stereocenters. The number of nitrogens with zero attached hydrogens (tertiary/aromatic N) is 1. The van der Waals surface area contributed by atoms with Gasteiger partial charge in [0.15, 0.2) is 0 Å². The van der Waals surface area contributed by atoms with E-state index < -0.39 is 0 Å². The molecule has 0 saturated carbocycles. The maximum atomic E-state index is 5.57. The van der Waals surface area contributed by atoms with Crippen molar-refractivity contribution in [1.29, 1.82) is 0 Å². The summed E-state index contributed by atoms with van der Waals surface area (Å²) in [6.45, 7) is 0.969. The number of terminal acetylenes is 1. The molecule has 0 heterocycles. The maximum absolute atomic E-state index is 5.57. The molecule has 0 unspecified atom stereocenters. The molecule has 3 nitrogen and oxygen atoms in total. The average Bonchev–Trinajstić information content (AvgIpc) is 2.52. The lowest BCUT2D eigenvalue weighted by molar-refractivity contribution is 0.366. The van der Waals surface area contributed by atoms with Gasteiger partial charge in [-0.1, -0.05) is 36.3 Å². The van der Waals surface area contributed by atoms with Crippen molar-refractivity contribution in [3.05, 3.63) is 54.1 Å². The maximum Gasteiger partial charge on any atom is 0.148 e. The van der Waals surface area contributed by atoms with Gasteiger partial charge in [0.1, 0.15) is 12.4 Å². The van der Waals surface area contributed by atoms with E-state index in [9.17, 15) is 0 Å². The van der Waals surface area contributed by atoms with Gasteiger partial charge in [-0.15, -0.1) is 6.42 Å². The molecule has 0 fully saturated rings. The van der Waals surface area contributed by atoms with E-state index in [1.54, 1.807) is 0 Å². The zero-order valence-electron chi connectivity index (χ0n) is 12.5. The van der Waals surface area contributed by atoms with Crippen molar-refractivity contribution in [2.45, 2.75) is 6.54 Å². The van der Waals surface area contributed by atoms with Gasteiger partial charge in [-0.25, -0.2) is 0 Å². The van der Waals surface area contributed by atoms with E-state index >= 15 is 0 Å². The molecule has 2 aromatic rings. The van der Waals surface area contributed by atoms with Gasteiger partial charge < -0.3 is 15.0 Å². The topological polar surface area (TPSA) is 24.5 Å². The Labute approximate surface area is 126 Å². The molecule has 0 aliphatic carbocycles. The van der Waals surface area contributed by atoms with E-state index in [0.29, 0.717) is 6.54 Å². The van der Waals surface area contributed by atoms with Crippen LogP contribution in [-0.4, -0.2) is 20.7 Å². The number of ether oxygens (including phenoxy) is 1. The van der Waals surface area contributed by atoms with E-state index in [1.165, 1.54) is 0 Å². The van der Waals surface area contributed by atoms with E-state index in [1.807, 2.05) is 50.5 Å². The highest BCUT2D eigenvalue weighted by Gasteiger charge is 2.06. The van der Waals surface area contributed by atoms with Gasteiger partial charge in [-0.3, -0.25) is 0 Å². The lowest BCUT2D eigenvalue weighted by Crippen LogP contribution is -2.12. The summed E-state index contributed by atoms with van der Waals surface area (Å²) >= 11 is 0. The summed E-state index contributed by atoms with van der Waals surface area (Å²) in [5, 5.41) is 3.45. The molecule has 108 valence electrons. The number of rotatable bonds is 6. The normalized spacial score (nSPS) is 9.76. The third-order valence-electron chi connectivity index (χ3n) is 3.14. The molecule has 0 aromatic heterocycles. The fourth-order valence-electron chi connectivity index (χ4n) is 2.11. The molecule has 0 aliphatic heterocycles. The SMILES string of the molecule is C#CCOc1ccccc1CNc1ccccc1N(C)C. The van der Waals surface area contributed by atoms with Gasteiger partial charge in [0, 0.05) is 26.2 Å². The molecule has 0 amide bonds. The third-order valence-corrected chi connectivity index (χ3v) is 3.14. The summed E-state index contributed by atoms with van der Waals surface area (Å²) in [6.07, 6.45) is 5.25. The first-order valence-electron chi connectivity index (χ1n) is 6.86. The zero-order valence-corrected chi connectivity index (χ0v) is 12.5. The van der Waals surface area contributed by atoms with Gasteiger partial charge in [0.2, 0.25) is 0 Å². The summed E-state index contributed by atoms with van der Waals surface area (Å²) in [5.74, 6) is 3.32. The Bertz CT molecular complexity index is 629. The van der Waals surface area contributed by atoms with Crippen LogP contribution in [0, 0.1) is 12.3 Å². The Balaban J connectivity index is 2.12. The van der Waals surface area contributed by atoms with Gasteiger partial charge in [0.25, 0.3) is 0 Å². The highest BCUT2D eigenvalue weighted by atomic mass is 16.5. The Hall–Kier alpha value is -2.60. The standard InChI is InChI=1S/C18H20N2O/c1-4-13-21-18-12-8-5-9-15(18)14-19-16-10-6-7-11-17(16)20(2)3/h1,5-12,19H,13-14H2,2-3H3. The van der Waals surface area contributed by atoms with Crippen LogP contribution < -0.4 is 15.0 Å². The predicted octanol–water partition coefficient (Wildman–Crippen LogP) is 3.38. The first-order chi connectivity index (χ1) is 10.2. The summed E-state index contributed by atoms with van der Waals surface area (Å²) in [6, 6.07) is 16.1. The van der Waals surface area contributed by atoms with Crippen LogP contribution in [0.4, 0.5) is 11.4 Å². The Morgan fingerprint density at radius 1 is 1.10 bits per heavy atom. The molecule has 21 heavy (non-hydrogen) atoms. The molecule has 0 radical (unpaired) electrons. The van der Waals surface area contributed by atoms with Crippen LogP contribution in [0.1, 0.15) is 5.56 Å². The molecule has 1 N–H and O–H groups in total. The van der Waals surface area contributed by atoms with Crippen LogP contribution in [0.15, 0.2) is 48.5 Å². The smallest absolute Gasteiger partial charge is 0.148 e. The lowest BCUT2D eigenvalue weighted by Gasteiger charge is -2.19. The van der Waals surface area contributed by atoms with Crippen molar-refractivity contribution in [1.82, 2.24) is 0 Å². The minimum atomic E-state index is 0.283. The fourth-order valence-corrected chi connectivity index (χ4v) is 2.11. The van der Waals surface area contributed by atoms with Crippen LogP contribution in [0.5, 0.6) is 5.75 Å². The number of anilines is 2. The highest BCUT2D eigenvalue weighted by Crippen LogP contribution is 2.25. The molecule has 0 spiro atoms. The van der Waals surface area contributed by atoms with Crippen LogP contribution in [0.2, 0.25) is 0 Å². The number of nitrogens with one attached hydrogen (secondary N) is 1. The fraction of sp³-hybridized carbons (Fsp3) is 0.222. The number of hydrogen-bond donors (Lipinski definition) is 1. The molecule has 2 rings (SSSR count). The van der Waals surface area contributed by atoms with Gasteiger partial charge in [-0.2, -0.15) is 0 Å². The van der Waals surface area contributed by atoms with Crippen molar-refractivity contribution < 1.29 is 4.74 Å². The summed E-state index contributed by atoms with van der Waals surface area (Å²) < 4.78 is 5.57. The van der Waals surface area contributed by atoms with Crippen molar-refractivity contribution in [2.24, 2.45) is 0 Å². The van der Waals surface area contributed by atoms with Crippen molar-refractivity contribution in [3.63, 3.8) is 0 Å². The lowest BCUT2D eigenvalue weighted by atomic mass is 10.2. The number of hydrogen-bond acceptors (Lipinski definition) is 3. The zero-order chi connectivity index (χ0) is 15.1.